The highest BCUT2D eigenvalue weighted by Gasteiger charge is 2.14. The van der Waals surface area contributed by atoms with Crippen molar-refractivity contribution in [3.05, 3.63) is 39.8 Å². The van der Waals surface area contributed by atoms with Crippen LogP contribution < -0.4 is 0 Å². The molecule has 0 bridgehead atoms. The zero-order valence-corrected chi connectivity index (χ0v) is 9.93. The molecule has 0 atom stereocenters. The lowest BCUT2D eigenvalue weighted by atomic mass is 10.1. The summed E-state index contributed by atoms with van der Waals surface area (Å²) in [6.45, 7) is 3.71. The summed E-state index contributed by atoms with van der Waals surface area (Å²) in [6.07, 6.45) is 0. The molecular weight excluding hydrogens is 261 g/mol. The van der Waals surface area contributed by atoms with E-state index in [1.807, 2.05) is 6.92 Å². The minimum Gasteiger partial charge on any atom is -0.360 e. The number of benzene rings is 1. The summed E-state index contributed by atoms with van der Waals surface area (Å²) in [4.78, 5) is 0. The highest BCUT2D eigenvalue weighted by atomic mass is 79.9. The second-order valence-corrected chi connectivity index (χ2v) is 4.15. The summed E-state index contributed by atoms with van der Waals surface area (Å²) in [5.74, 6) is 0.414. The average Bonchev–Trinajstić information content (AvgIpc) is 2.52. The van der Waals surface area contributed by atoms with E-state index in [0.29, 0.717) is 11.5 Å². The Morgan fingerprint density at radius 2 is 2.07 bits per heavy atom. The number of nitrogens with zero attached hydrogens (tertiary/aromatic N) is 1. The van der Waals surface area contributed by atoms with Crippen LogP contribution in [0.3, 0.4) is 0 Å². The molecule has 0 saturated carbocycles. The van der Waals surface area contributed by atoms with Gasteiger partial charge in [0.15, 0.2) is 0 Å². The zero-order chi connectivity index (χ0) is 11.0. The third kappa shape index (κ3) is 1.81. The Balaban J connectivity index is 2.63. The molecule has 4 heteroatoms. The number of rotatable bonds is 1. The lowest BCUT2D eigenvalue weighted by molar-refractivity contribution is 0.399. The second kappa shape index (κ2) is 3.77. The summed E-state index contributed by atoms with van der Waals surface area (Å²) in [6, 6.07) is 4.61. The third-order valence-electron chi connectivity index (χ3n) is 2.25. The van der Waals surface area contributed by atoms with Crippen molar-refractivity contribution < 1.29 is 8.91 Å². The molecule has 2 nitrogen and oxygen atoms in total. The van der Waals surface area contributed by atoms with Gasteiger partial charge in [-0.15, -0.1) is 0 Å². The van der Waals surface area contributed by atoms with Crippen LogP contribution in [0.5, 0.6) is 0 Å². The van der Waals surface area contributed by atoms with Gasteiger partial charge < -0.3 is 4.52 Å². The first kappa shape index (κ1) is 10.4. The number of halogens is 2. The maximum Gasteiger partial charge on any atom is 0.148 e. The maximum absolute atomic E-state index is 13.1. The molecule has 0 aliphatic heterocycles. The molecule has 0 spiro atoms. The topological polar surface area (TPSA) is 26.0 Å². The SMILES string of the molecule is Cc1ccc(F)cc1-c1noc(C)c1Br. The first-order valence-corrected chi connectivity index (χ1v) is 5.27. The van der Waals surface area contributed by atoms with Gasteiger partial charge >= 0.3 is 0 Å². The lowest BCUT2D eigenvalue weighted by Crippen LogP contribution is -1.86. The predicted molar refractivity (Wildman–Crippen MR) is 59.1 cm³/mol. The van der Waals surface area contributed by atoms with Crippen LogP contribution in [0.2, 0.25) is 0 Å². The molecule has 0 fully saturated rings. The van der Waals surface area contributed by atoms with E-state index in [2.05, 4.69) is 21.1 Å². The fourth-order valence-electron chi connectivity index (χ4n) is 1.38. The quantitative estimate of drug-likeness (QED) is 0.786. The van der Waals surface area contributed by atoms with Crippen LogP contribution in [0.15, 0.2) is 27.2 Å². The Hall–Kier alpha value is -1.16. The van der Waals surface area contributed by atoms with Crippen LogP contribution in [0, 0.1) is 19.7 Å². The van der Waals surface area contributed by atoms with E-state index in [-0.39, 0.29) is 5.82 Å². The van der Waals surface area contributed by atoms with Gasteiger partial charge in [-0.1, -0.05) is 11.2 Å². The molecular formula is C11H9BrFNO. The van der Waals surface area contributed by atoms with Crippen molar-refractivity contribution >= 4 is 15.9 Å². The molecule has 0 saturated heterocycles. The molecule has 0 radical (unpaired) electrons. The Labute approximate surface area is 95.2 Å². The molecule has 15 heavy (non-hydrogen) atoms. The van der Waals surface area contributed by atoms with E-state index in [0.717, 1.165) is 15.6 Å². The number of aryl methyl sites for hydroxylation is 2. The lowest BCUT2D eigenvalue weighted by Gasteiger charge is -2.02. The summed E-state index contributed by atoms with van der Waals surface area (Å²) in [5, 5.41) is 3.90. The van der Waals surface area contributed by atoms with Gasteiger partial charge in [0.05, 0.1) is 4.47 Å². The minimum absolute atomic E-state index is 0.275. The predicted octanol–water partition coefficient (Wildman–Crippen LogP) is 3.86. The Morgan fingerprint density at radius 3 is 2.67 bits per heavy atom. The van der Waals surface area contributed by atoms with Crippen molar-refractivity contribution in [1.29, 1.82) is 0 Å². The van der Waals surface area contributed by atoms with Crippen molar-refractivity contribution in [3.63, 3.8) is 0 Å². The summed E-state index contributed by atoms with van der Waals surface area (Å²) >= 11 is 3.37. The number of hydrogen-bond donors (Lipinski definition) is 0. The van der Waals surface area contributed by atoms with Gasteiger partial charge in [-0.2, -0.15) is 0 Å². The maximum atomic E-state index is 13.1. The van der Waals surface area contributed by atoms with Gasteiger partial charge in [0, 0.05) is 5.56 Å². The molecule has 0 amide bonds. The van der Waals surface area contributed by atoms with Gasteiger partial charge in [-0.3, -0.25) is 0 Å². The van der Waals surface area contributed by atoms with E-state index in [1.165, 1.54) is 12.1 Å². The van der Waals surface area contributed by atoms with E-state index >= 15 is 0 Å². The summed E-state index contributed by atoms with van der Waals surface area (Å²) in [5.41, 5.74) is 2.36. The van der Waals surface area contributed by atoms with Crippen LogP contribution in [0.1, 0.15) is 11.3 Å². The molecule has 0 N–H and O–H groups in total. The van der Waals surface area contributed by atoms with E-state index in [9.17, 15) is 4.39 Å². The van der Waals surface area contributed by atoms with Crippen molar-refractivity contribution in [2.75, 3.05) is 0 Å². The van der Waals surface area contributed by atoms with Crippen LogP contribution in [0.25, 0.3) is 11.3 Å². The van der Waals surface area contributed by atoms with Crippen molar-refractivity contribution in [3.8, 4) is 11.3 Å². The van der Waals surface area contributed by atoms with Crippen LogP contribution >= 0.6 is 15.9 Å². The van der Waals surface area contributed by atoms with E-state index in [4.69, 9.17) is 4.52 Å². The number of aromatic nitrogens is 1. The first-order chi connectivity index (χ1) is 7.09. The molecule has 0 aliphatic rings. The molecule has 0 aliphatic carbocycles. The third-order valence-corrected chi connectivity index (χ3v) is 3.18. The van der Waals surface area contributed by atoms with Gasteiger partial charge in [0.1, 0.15) is 17.3 Å². The Morgan fingerprint density at radius 1 is 1.33 bits per heavy atom. The van der Waals surface area contributed by atoms with Crippen molar-refractivity contribution in [2.45, 2.75) is 13.8 Å². The second-order valence-electron chi connectivity index (χ2n) is 3.36. The van der Waals surface area contributed by atoms with E-state index in [1.54, 1.807) is 13.0 Å². The van der Waals surface area contributed by atoms with Gasteiger partial charge in [0.25, 0.3) is 0 Å². The molecule has 1 heterocycles. The molecule has 78 valence electrons. The minimum atomic E-state index is -0.275. The van der Waals surface area contributed by atoms with Crippen LogP contribution in [-0.2, 0) is 0 Å². The molecule has 2 rings (SSSR count). The zero-order valence-electron chi connectivity index (χ0n) is 8.34. The van der Waals surface area contributed by atoms with Crippen LogP contribution in [0.4, 0.5) is 4.39 Å². The normalized spacial score (nSPS) is 10.7. The Kier molecular flexibility index (Phi) is 2.61. The van der Waals surface area contributed by atoms with Crippen LogP contribution in [-0.4, -0.2) is 5.16 Å². The molecule has 1 aromatic heterocycles. The van der Waals surface area contributed by atoms with Crippen molar-refractivity contribution in [2.24, 2.45) is 0 Å². The van der Waals surface area contributed by atoms with Gasteiger partial charge in [-0.05, 0) is 47.5 Å². The standard InChI is InChI=1S/C11H9BrFNO/c1-6-3-4-8(13)5-9(6)11-10(12)7(2)15-14-11/h3-5H,1-2H3. The average molecular weight is 270 g/mol. The summed E-state index contributed by atoms with van der Waals surface area (Å²) in [7, 11) is 0. The van der Waals surface area contributed by atoms with Gasteiger partial charge in [0.2, 0.25) is 0 Å². The van der Waals surface area contributed by atoms with Crippen molar-refractivity contribution in [1.82, 2.24) is 5.16 Å². The Bertz CT molecular complexity index is 507. The monoisotopic (exact) mass is 269 g/mol. The first-order valence-electron chi connectivity index (χ1n) is 4.48. The van der Waals surface area contributed by atoms with E-state index < -0.39 is 0 Å². The molecule has 0 unspecified atom stereocenters. The fourth-order valence-corrected chi connectivity index (χ4v) is 1.74. The molecule has 2 aromatic rings. The summed E-state index contributed by atoms with van der Waals surface area (Å²) < 4.78 is 18.9. The smallest absolute Gasteiger partial charge is 0.148 e. The highest BCUT2D eigenvalue weighted by molar-refractivity contribution is 9.10. The highest BCUT2D eigenvalue weighted by Crippen LogP contribution is 2.32. The van der Waals surface area contributed by atoms with Gasteiger partial charge in [-0.25, -0.2) is 4.39 Å². The molecule has 1 aromatic carbocycles. The largest absolute Gasteiger partial charge is 0.360 e. The fraction of sp³-hybridized carbons (Fsp3) is 0.182. The number of hydrogen-bond acceptors (Lipinski definition) is 2.